The van der Waals surface area contributed by atoms with Gasteiger partial charge in [-0.3, -0.25) is 4.79 Å². The highest BCUT2D eigenvalue weighted by Gasteiger charge is 2.14. The van der Waals surface area contributed by atoms with Crippen molar-refractivity contribution in [1.82, 2.24) is 5.32 Å². The molecule has 0 saturated carbocycles. The molecule has 128 valence electrons. The van der Waals surface area contributed by atoms with Crippen LogP contribution >= 0.6 is 0 Å². The first kappa shape index (κ1) is 17.7. The molecule has 0 radical (unpaired) electrons. The van der Waals surface area contributed by atoms with Gasteiger partial charge in [-0.15, -0.1) is 0 Å². The van der Waals surface area contributed by atoms with Crippen LogP contribution in [0.1, 0.15) is 12.5 Å². The third-order valence-electron chi connectivity index (χ3n) is 3.48. The van der Waals surface area contributed by atoms with E-state index in [4.69, 9.17) is 14.2 Å². The van der Waals surface area contributed by atoms with Crippen LogP contribution in [0.5, 0.6) is 17.2 Å². The van der Waals surface area contributed by atoms with E-state index >= 15 is 0 Å². The van der Waals surface area contributed by atoms with Crippen LogP contribution < -0.4 is 19.5 Å². The van der Waals surface area contributed by atoms with Gasteiger partial charge < -0.3 is 19.5 Å². The van der Waals surface area contributed by atoms with Gasteiger partial charge in [0, 0.05) is 6.07 Å². The van der Waals surface area contributed by atoms with E-state index in [0.29, 0.717) is 24.7 Å². The number of carbonyl (C=O) groups is 1. The number of aryl methyl sites for hydroxylation is 1. The molecular weight excluding hydrogens is 306 g/mol. The van der Waals surface area contributed by atoms with Crippen molar-refractivity contribution in [3.05, 3.63) is 54.1 Å². The van der Waals surface area contributed by atoms with E-state index in [2.05, 4.69) is 5.32 Å². The molecule has 2 rings (SSSR count). The molecule has 0 spiro atoms. The smallest absolute Gasteiger partial charge is 0.260 e. The number of para-hydroxylation sites is 1. The summed E-state index contributed by atoms with van der Waals surface area (Å²) in [6.07, 6.45) is -0.567. The zero-order valence-corrected chi connectivity index (χ0v) is 14.2. The first-order valence-corrected chi connectivity index (χ1v) is 7.87. The summed E-state index contributed by atoms with van der Waals surface area (Å²) in [4.78, 5) is 12.1. The first-order valence-electron chi connectivity index (χ1n) is 7.87. The molecule has 5 nitrogen and oxygen atoms in total. The van der Waals surface area contributed by atoms with Crippen LogP contribution in [0.25, 0.3) is 0 Å². The molecule has 0 aliphatic heterocycles. The molecule has 0 aromatic heterocycles. The minimum absolute atomic E-state index is 0.174. The fraction of sp³-hybridized carbons (Fsp3) is 0.316. The van der Waals surface area contributed by atoms with E-state index in [9.17, 15) is 4.79 Å². The lowest BCUT2D eigenvalue weighted by molar-refractivity contribution is -0.127. The monoisotopic (exact) mass is 329 g/mol. The minimum Gasteiger partial charge on any atom is -0.497 e. The third kappa shape index (κ3) is 5.19. The largest absolute Gasteiger partial charge is 0.497 e. The lowest BCUT2D eigenvalue weighted by atomic mass is 10.2. The predicted octanol–water partition coefficient (Wildman–Crippen LogP) is 2.97. The van der Waals surface area contributed by atoms with Crippen LogP contribution in [0, 0.1) is 6.92 Å². The second-order valence-electron chi connectivity index (χ2n) is 5.34. The van der Waals surface area contributed by atoms with Crippen LogP contribution in [0.2, 0.25) is 0 Å². The quantitative estimate of drug-likeness (QED) is 0.757. The Labute approximate surface area is 142 Å². The highest BCUT2D eigenvalue weighted by atomic mass is 16.5. The van der Waals surface area contributed by atoms with E-state index in [1.54, 1.807) is 20.1 Å². The molecule has 0 fully saturated rings. The van der Waals surface area contributed by atoms with Gasteiger partial charge in [-0.05, 0) is 37.6 Å². The molecule has 24 heavy (non-hydrogen) atoms. The number of hydrogen-bond acceptors (Lipinski definition) is 4. The molecule has 0 aliphatic carbocycles. The van der Waals surface area contributed by atoms with Crippen molar-refractivity contribution in [2.24, 2.45) is 0 Å². The fourth-order valence-corrected chi connectivity index (χ4v) is 2.11. The maximum atomic E-state index is 12.1. The summed E-state index contributed by atoms with van der Waals surface area (Å²) in [5.74, 6) is 1.98. The van der Waals surface area contributed by atoms with E-state index in [-0.39, 0.29) is 5.91 Å². The zero-order valence-electron chi connectivity index (χ0n) is 14.2. The van der Waals surface area contributed by atoms with Crippen molar-refractivity contribution in [2.75, 3.05) is 20.3 Å². The molecule has 2 aromatic rings. The van der Waals surface area contributed by atoms with Crippen molar-refractivity contribution in [1.29, 1.82) is 0 Å². The van der Waals surface area contributed by atoms with Gasteiger partial charge >= 0.3 is 0 Å². The van der Waals surface area contributed by atoms with Gasteiger partial charge in [-0.2, -0.15) is 0 Å². The molecule has 0 saturated heterocycles. The molecule has 0 bridgehead atoms. The van der Waals surface area contributed by atoms with E-state index < -0.39 is 6.10 Å². The Hall–Kier alpha value is -2.69. The van der Waals surface area contributed by atoms with Crippen molar-refractivity contribution in [3.8, 4) is 17.2 Å². The second-order valence-corrected chi connectivity index (χ2v) is 5.34. The Morgan fingerprint density at radius 2 is 1.88 bits per heavy atom. The van der Waals surface area contributed by atoms with E-state index in [1.165, 1.54) is 0 Å². The average molecular weight is 329 g/mol. The zero-order chi connectivity index (χ0) is 17.4. The Morgan fingerprint density at radius 1 is 1.12 bits per heavy atom. The Morgan fingerprint density at radius 3 is 2.62 bits per heavy atom. The Bertz CT molecular complexity index is 672. The SMILES string of the molecule is COc1cccc(OCCNC(=O)[C@H](C)Oc2ccccc2C)c1. The fourth-order valence-electron chi connectivity index (χ4n) is 2.11. The van der Waals surface area contributed by atoms with Crippen LogP contribution in [0.4, 0.5) is 0 Å². The maximum absolute atomic E-state index is 12.1. The van der Waals surface area contributed by atoms with Gasteiger partial charge in [0.25, 0.3) is 5.91 Å². The van der Waals surface area contributed by atoms with Gasteiger partial charge in [-0.1, -0.05) is 24.3 Å². The third-order valence-corrected chi connectivity index (χ3v) is 3.48. The number of ether oxygens (including phenoxy) is 3. The van der Waals surface area contributed by atoms with Gasteiger partial charge in [0.1, 0.15) is 23.9 Å². The maximum Gasteiger partial charge on any atom is 0.260 e. The summed E-state index contributed by atoms with van der Waals surface area (Å²) in [5, 5.41) is 2.80. The van der Waals surface area contributed by atoms with Gasteiger partial charge in [-0.25, -0.2) is 0 Å². The summed E-state index contributed by atoms with van der Waals surface area (Å²) in [7, 11) is 1.61. The molecular formula is C19H23NO4. The number of nitrogens with one attached hydrogen (secondary N) is 1. The Kier molecular flexibility index (Phi) is 6.49. The molecule has 1 amide bonds. The summed E-state index contributed by atoms with van der Waals surface area (Å²) >= 11 is 0. The van der Waals surface area contributed by atoms with Gasteiger partial charge in [0.05, 0.1) is 13.7 Å². The lowest BCUT2D eigenvalue weighted by Gasteiger charge is -2.16. The number of hydrogen-bond donors (Lipinski definition) is 1. The van der Waals surface area contributed by atoms with Gasteiger partial charge in [0.15, 0.2) is 6.10 Å². The lowest BCUT2D eigenvalue weighted by Crippen LogP contribution is -2.38. The van der Waals surface area contributed by atoms with Crippen LogP contribution in [-0.2, 0) is 4.79 Å². The van der Waals surface area contributed by atoms with E-state index in [1.807, 2.05) is 49.4 Å². The van der Waals surface area contributed by atoms with E-state index in [0.717, 1.165) is 11.3 Å². The summed E-state index contributed by atoms with van der Waals surface area (Å²) < 4.78 is 16.4. The molecule has 0 unspecified atom stereocenters. The molecule has 1 N–H and O–H groups in total. The molecule has 1 atom stereocenters. The number of carbonyl (C=O) groups excluding carboxylic acids is 1. The topological polar surface area (TPSA) is 56.8 Å². The van der Waals surface area contributed by atoms with Crippen molar-refractivity contribution >= 4 is 5.91 Å². The normalized spacial score (nSPS) is 11.5. The van der Waals surface area contributed by atoms with Crippen molar-refractivity contribution in [3.63, 3.8) is 0 Å². The number of rotatable bonds is 8. The van der Waals surface area contributed by atoms with Crippen molar-refractivity contribution < 1.29 is 19.0 Å². The standard InChI is InChI=1S/C19H23NO4/c1-14-7-4-5-10-18(14)24-15(2)19(21)20-11-12-23-17-9-6-8-16(13-17)22-3/h4-10,13,15H,11-12H2,1-3H3,(H,20,21)/t15-/m0/s1. The first-order chi connectivity index (χ1) is 11.6. The van der Waals surface area contributed by atoms with Crippen LogP contribution in [0.15, 0.2) is 48.5 Å². The molecule has 0 aliphatic rings. The molecule has 5 heteroatoms. The minimum atomic E-state index is -0.567. The highest BCUT2D eigenvalue weighted by molar-refractivity contribution is 5.80. The average Bonchev–Trinajstić information content (AvgIpc) is 2.60. The second kappa shape index (κ2) is 8.82. The number of methoxy groups -OCH3 is 1. The van der Waals surface area contributed by atoms with Crippen LogP contribution in [0.3, 0.4) is 0 Å². The van der Waals surface area contributed by atoms with Crippen molar-refractivity contribution in [2.45, 2.75) is 20.0 Å². The number of amides is 1. The highest BCUT2D eigenvalue weighted by Crippen LogP contribution is 2.19. The Balaban J connectivity index is 1.73. The van der Waals surface area contributed by atoms with Gasteiger partial charge in [0.2, 0.25) is 0 Å². The summed E-state index contributed by atoms with van der Waals surface area (Å²) in [5.41, 5.74) is 0.999. The molecule has 2 aromatic carbocycles. The summed E-state index contributed by atoms with van der Waals surface area (Å²) in [6.45, 7) is 4.44. The summed E-state index contributed by atoms with van der Waals surface area (Å²) in [6, 6.07) is 15.0. The predicted molar refractivity (Wildman–Crippen MR) is 92.8 cm³/mol. The van der Waals surface area contributed by atoms with Crippen LogP contribution in [-0.4, -0.2) is 32.3 Å². The number of benzene rings is 2. The molecule has 0 heterocycles.